The highest BCUT2D eigenvalue weighted by atomic mass is 32.2. The zero-order valence-electron chi connectivity index (χ0n) is 9.28. The minimum atomic E-state index is -2.90. The highest BCUT2D eigenvalue weighted by Crippen LogP contribution is 2.38. The predicted octanol–water partition coefficient (Wildman–Crippen LogP) is 0.301. The Morgan fingerprint density at radius 2 is 1.93 bits per heavy atom. The third-order valence-corrected chi connectivity index (χ3v) is 4.40. The number of sulfone groups is 1. The largest absolute Gasteiger partial charge is 0.393 e. The maximum Gasteiger partial charge on any atom is 0.147 e. The standard InChI is InChI=1S/C10H21NO3S/c1-15(13,14)7-6-10(8-11)4-2-9(12)3-5-10/h9,12H,2-8,11H2,1H3. The lowest BCUT2D eigenvalue weighted by atomic mass is 9.71. The van der Waals surface area contributed by atoms with E-state index >= 15 is 0 Å². The molecule has 0 amide bonds. The van der Waals surface area contributed by atoms with E-state index in [1.54, 1.807) is 0 Å². The molecule has 0 bridgehead atoms. The number of aliphatic hydroxyl groups is 1. The van der Waals surface area contributed by atoms with Gasteiger partial charge in [-0.05, 0) is 44.1 Å². The van der Waals surface area contributed by atoms with Gasteiger partial charge in [0, 0.05) is 6.26 Å². The Labute approximate surface area is 91.8 Å². The molecule has 1 saturated carbocycles. The van der Waals surface area contributed by atoms with Gasteiger partial charge in [-0.25, -0.2) is 8.42 Å². The number of rotatable bonds is 4. The van der Waals surface area contributed by atoms with Gasteiger partial charge in [-0.3, -0.25) is 0 Å². The first-order valence-electron chi connectivity index (χ1n) is 5.43. The molecule has 3 N–H and O–H groups in total. The van der Waals surface area contributed by atoms with E-state index in [1.807, 2.05) is 0 Å². The second-order valence-corrected chi connectivity index (χ2v) is 7.07. The fourth-order valence-corrected chi connectivity index (χ4v) is 2.98. The highest BCUT2D eigenvalue weighted by molar-refractivity contribution is 7.90. The third kappa shape index (κ3) is 4.09. The summed E-state index contributed by atoms with van der Waals surface area (Å²) in [5, 5.41) is 9.41. The maximum atomic E-state index is 11.1. The van der Waals surface area contributed by atoms with Crippen molar-refractivity contribution in [3.05, 3.63) is 0 Å². The van der Waals surface area contributed by atoms with Gasteiger partial charge in [0.2, 0.25) is 0 Å². The van der Waals surface area contributed by atoms with Gasteiger partial charge in [-0.2, -0.15) is 0 Å². The average molecular weight is 235 g/mol. The van der Waals surface area contributed by atoms with Crippen molar-refractivity contribution in [1.29, 1.82) is 0 Å². The Kier molecular flexibility index (Phi) is 4.14. The average Bonchev–Trinajstić information content (AvgIpc) is 2.17. The first-order chi connectivity index (χ1) is 6.87. The topological polar surface area (TPSA) is 80.4 Å². The minimum Gasteiger partial charge on any atom is -0.393 e. The molecule has 5 heteroatoms. The van der Waals surface area contributed by atoms with Gasteiger partial charge in [0.05, 0.1) is 11.9 Å². The van der Waals surface area contributed by atoms with E-state index in [9.17, 15) is 13.5 Å². The molecule has 0 aliphatic heterocycles. The van der Waals surface area contributed by atoms with Crippen LogP contribution >= 0.6 is 0 Å². The number of hydrogen-bond acceptors (Lipinski definition) is 4. The molecule has 1 fully saturated rings. The van der Waals surface area contributed by atoms with Crippen LogP contribution in [0.3, 0.4) is 0 Å². The number of aliphatic hydroxyl groups excluding tert-OH is 1. The summed E-state index contributed by atoms with van der Waals surface area (Å²) in [6.07, 6.45) is 4.87. The van der Waals surface area contributed by atoms with Crippen LogP contribution in [0.2, 0.25) is 0 Å². The van der Waals surface area contributed by atoms with Crippen molar-refractivity contribution in [2.75, 3.05) is 18.6 Å². The molecule has 0 aromatic carbocycles. The quantitative estimate of drug-likeness (QED) is 0.734. The van der Waals surface area contributed by atoms with E-state index in [-0.39, 0.29) is 17.3 Å². The van der Waals surface area contributed by atoms with Crippen LogP contribution in [0, 0.1) is 5.41 Å². The van der Waals surface area contributed by atoms with Crippen molar-refractivity contribution in [1.82, 2.24) is 0 Å². The molecule has 15 heavy (non-hydrogen) atoms. The molecule has 0 atom stereocenters. The normalized spacial score (nSPS) is 32.9. The molecule has 90 valence electrons. The summed E-state index contributed by atoms with van der Waals surface area (Å²) < 4.78 is 22.2. The molecule has 1 rings (SSSR count). The minimum absolute atomic E-state index is 0.0533. The SMILES string of the molecule is CS(=O)(=O)CCC1(CN)CCC(O)CC1. The molecule has 0 heterocycles. The second kappa shape index (κ2) is 4.80. The summed E-state index contributed by atoms with van der Waals surface area (Å²) in [5.41, 5.74) is 5.68. The smallest absolute Gasteiger partial charge is 0.147 e. The third-order valence-electron chi connectivity index (χ3n) is 3.45. The molecule has 0 aromatic heterocycles. The van der Waals surface area contributed by atoms with Crippen molar-refractivity contribution in [2.45, 2.75) is 38.2 Å². The second-order valence-electron chi connectivity index (χ2n) is 4.82. The van der Waals surface area contributed by atoms with Crippen LogP contribution in [0.1, 0.15) is 32.1 Å². The van der Waals surface area contributed by atoms with Gasteiger partial charge >= 0.3 is 0 Å². The van der Waals surface area contributed by atoms with Gasteiger partial charge in [0.15, 0.2) is 0 Å². The van der Waals surface area contributed by atoms with Crippen LogP contribution in [0.4, 0.5) is 0 Å². The molecule has 1 aliphatic rings. The molecule has 1 aliphatic carbocycles. The molecule has 4 nitrogen and oxygen atoms in total. The van der Waals surface area contributed by atoms with E-state index in [1.165, 1.54) is 6.26 Å². The van der Waals surface area contributed by atoms with Crippen LogP contribution in [0.25, 0.3) is 0 Å². The lowest BCUT2D eigenvalue weighted by molar-refractivity contribution is 0.0648. The Morgan fingerprint density at radius 3 is 2.33 bits per heavy atom. The first kappa shape index (κ1) is 12.9. The van der Waals surface area contributed by atoms with E-state index in [0.29, 0.717) is 13.0 Å². The van der Waals surface area contributed by atoms with Gasteiger partial charge in [-0.1, -0.05) is 0 Å². The number of nitrogens with two attached hydrogens (primary N) is 1. The molecule has 0 aromatic rings. The Hall–Kier alpha value is -0.130. The highest BCUT2D eigenvalue weighted by Gasteiger charge is 2.33. The molecule has 0 radical (unpaired) electrons. The zero-order valence-corrected chi connectivity index (χ0v) is 10.1. The van der Waals surface area contributed by atoms with Gasteiger partial charge < -0.3 is 10.8 Å². The molecular formula is C10H21NO3S. The van der Waals surface area contributed by atoms with E-state index in [0.717, 1.165) is 25.7 Å². The van der Waals surface area contributed by atoms with Gasteiger partial charge in [0.1, 0.15) is 9.84 Å². The lowest BCUT2D eigenvalue weighted by Crippen LogP contribution is -2.37. The monoisotopic (exact) mass is 235 g/mol. The Bertz CT molecular complexity index is 292. The summed E-state index contributed by atoms with van der Waals surface area (Å²) in [4.78, 5) is 0. The summed E-state index contributed by atoms with van der Waals surface area (Å²) in [6, 6.07) is 0. The van der Waals surface area contributed by atoms with Gasteiger partial charge in [-0.15, -0.1) is 0 Å². The maximum absolute atomic E-state index is 11.1. The van der Waals surface area contributed by atoms with Crippen LogP contribution in [0.5, 0.6) is 0 Å². The van der Waals surface area contributed by atoms with E-state index < -0.39 is 9.84 Å². The first-order valence-corrected chi connectivity index (χ1v) is 7.49. The Morgan fingerprint density at radius 1 is 1.40 bits per heavy atom. The van der Waals surface area contributed by atoms with Crippen molar-refractivity contribution in [2.24, 2.45) is 11.1 Å². The van der Waals surface area contributed by atoms with Gasteiger partial charge in [0.25, 0.3) is 0 Å². The lowest BCUT2D eigenvalue weighted by Gasteiger charge is -2.38. The van der Waals surface area contributed by atoms with Crippen molar-refractivity contribution in [3.63, 3.8) is 0 Å². The van der Waals surface area contributed by atoms with Crippen LogP contribution in [-0.4, -0.2) is 38.2 Å². The number of hydrogen-bond donors (Lipinski definition) is 2. The molecular weight excluding hydrogens is 214 g/mol. The van der Waals surface area contributed by atoms with E-state index in [2.05, 4.69) is 0 Å². The van der Waals surface area contributed by atoms with Crippen LogP contribution < -0.4 is 5.73 Å². The van der Waals surface area contributed by atoms with Crippen molar-refractivity contribution >= 4 is 9.84 Å². The van der Waals surface area contributed by atoms with Crippen molar-refractivity contribution in [3.8, 4) is 0 Å². The summed E-state index contributed by atoms with van der Waals surface area (Å²) >= 11 is 0. The fraction of sp³-hybridized carbons (Fsp3) is 1.00. The zero-order chi connectivity index (χ0) is 11.5. The predicted molar refractivity (Wildman–Crippen MR) is 60.3 cm³/mol. The van der Waals surface area contributed by atoms with Crippen LogP contribution in [0.15, 0.2) is 0 Å². The molecule has 0 spiro atoms. The fourth-order valence-electron chi connectivity index (χ4n) is 2.17. The van der Waals surface area contributed by atoms with E-state index in [4.69, 9.17) is 5.73 Å². The Balaban J connectivity index is 2.54. The van der Waals surface area contributed by atoms with Crippen molar-refractivity contribution < 1.29 is 13.5 Å². The summed E-state index contributed by atoms with van der Waals surface area (Å²) in [7, 11) is -2.90. The summed E-state index contributed by atoms with van der Waals surface area (Å²) in [5.74, 6) is 0.209. The molecule has 0 unspecified atom stereocenters. The van der Waals surface area contributed by atoms with Crippen LogP contribution in [-0.2, 0) is 9.84 Å². The summed E-state index contributed by atoms with van der Waals surface area (Å²) in [6.45, 7) is 0.523. The molecule has 0 saturated heterocycles.